The topological polar surface area (TPSA) is 85.8 Å². The number of nitrogens with zero attached hydrogens (tertiary/aromatic N) is 2. The summed E-state index contributed by atoms with van der Waals surface area (Å²) in [5.41, 5.74) is -0.747. The van der Waals surface area contributed by atoms with Crippen molar-refractivity contribution in [2.75, 3.05) is 26.7 Å². The Morgan fingerprint density at radius 2 is 1.95 bits per heavy atom. The van der Waals surface area contributed by atoms with E-state index < -0.39 is 5.54 Å². The van der Waals surface area contributed by atoms with Crippen LogP contribution in [-0.4, -0.2) is 55.0 Å². The Morgan fingerprint density at radius 1 is 1.29 bits per heavy atom. The van der Waals surface area contributed by atoms with Crippen molar-refractivity contribution in [1.82, 2.24) is 20.9 Å². The molecule has 1 heterocycles. The molecule has 21 heavy (non-hydrogen) atoms. The number of carbonyl (C=O) groups excluding carboxylic acids is 2. The third kappa shape index (κ3) is 4.34. The maximum absolute atomic E-state index is 12.2. The summed E-state index contributed by atoms with van der Waals surface area (Å²) in [6.45, 7) is 7.68. The van der Waals surface area contributed by atoms with Crippen molar-refractivity contribution in [3.05, 3.63) is 0 Å². The smallest absolute Gasteiger partial charge is 0.325 e. The first-order valence-electron chi connectivity index (χ1n) is 7.57. The number of carbonyl (C=O) groups is 2. The second-order valence-electron chi connectivity index (χ2n) is 5.35. The highest BCUT2D eigenvalue weighted by Gasteiger charge is 2.45. The lowest BCUT2D eigenvalue weighted by Crippen LogP contribution is -2.43. The van der Waals surface area contributed by atoms with Gasteiger partial charge in [-0.1, -0.05) is 13.8 Å². The van der Waals surface area contributed by atoms with Gasteiger partial charge in [-0.2, -0.15) is 0 Å². The van der Waals surface area contributed by atoms with Crippen LogP contribution in [-0.2, 0) is 4.79 Å². The van der Waals surface area contributed by atoms with Crippen LogP contribution in [0, 0.1) is 0 Å². The Bertz CT molecular complexity index is 410. The third-order valence-corrected chi connectivity index (χ3v) is 3.67. The summed E-state index contributed by atoms with van der Waals surface area (Å²) in [6, 6.07) is -0.294. The van der Waals surface area contributed by atoms with Crippen molar-refractivity contribution in [3.8, 4) is 0 Å². The summed E-state index contributed by atoms with van der Waals surface area (Å²) >= 11 is 0. The molecule has 0 aromatic rings. The van der Waals surface area contributed by atoms with Gasteiger partial charge < -0.3 is 16.0 Å². The fraction of sp³-hybridized carbons (Fsp3) is 0.786. The van der Waals surface area contributed by atoms with E-state index in [-0.39, 0.29) is 11.9 Å². The molecule has 0 saturated carbocycles. The fourth-order valence-corrected chi connectivity index (χ4v) is 2.10. The van der Waals surface area contributed by atoms with Crippen LogP contribution in [0.3, 0.4) is 0 Å². The number of imide groups is 1. The number of nitrogens with one attached hydrogen (secondary N) is 3. The Balaban J connectivity index is 2.36. The molecule has 0 spiro atoms. The van der Waals surface area contributed by atoms with Gasteiger partial charge in [0, 0.05) is 26.7 Å². The number of hydrogen-bond acceptors (Lipinski definition) is 3. The van der Waals surface area contributed by atoms with Gasteiger partial charge in [-0.05, 0) is 26.2 Å². The van der Waals surface area contributed by atoms with Gasteiger partial charge in [0.05, 0.1) is 0 Å². The molecule has 1 atom stereocenters. The zero-order valence-corrected chi connectivity index (χ0v) is 13.5. The molecule has 120 valence electrons. The van der Waals surface area contributed by atoms with E-state index in [9.17, 15) is 9.59 Å². The van der Waals surface area contributed by atoms with Crippen LogP contribution in [0.25, 0.3) is 0 Å². The van der Waals surface area contributed by atoms with Crippen molar-refractivity contribution in [2.45, 2.75) is 45.6 Å². The van der Waals surface area contributed by atoms with E-state index in [2.05, 4.69) is 27.9 Å². The highest BCUT2D eigenvalue weighted by Crippen LogP contribution is 2.20. The highest BCUT2D eigenvalue weighted by atomic mass is 16.2. The normalized spacial score (nSPS) is 22.5. The van der Waals surface area contributed by atoms with Gasteiger partial charge in [0.15, 0.2) is 5.96 Å². The third-order valence-electron chi connectivity index (χ3n) is 3.67. The number of hydrogen-bond donors (Lipinski definition) is 3. The van der Waals surface area contributed by atoms with Gasteiger partial charge in [-0.25, -0.2) is 4.79 Å². The Labute approximate surface area is 126 Å². The second-order valence-corrected chi connectivity index (χ2v) is 5.35. The average molecular weight is 297 g/mol. The maximum atomic E-state index is 12.2. The van der Waals surface area contributed by atoms with Crippen molar-refractivity contribution in [1.29, 1.82) is 0 Å². The number of guanidine groups is 1. The SMILES string of the molecule is CCCNC(=NC)NCCCN1C(=O)NC(C)(CC)C1=O. The molecule has 1 aliphatic heterocycles. The minimum Gasteiger partial charge on any atom is -0.356 e. The molecular weight excluding hydrogens is 270 g/mol. The molecule has 0 bridgehead atoms. The Kier molecular flexibility index (Phi) is 6.45. The zero-order valence-electron chi connectivity index (χ0n) is 13.5. The Morgan fingerprint density at radius 3 is 2.48 bits per heavy atom. The first kappa shape index (κ1) is 17.3. The van der Waals surface area contributed by atoms with Crippen LogP contribution >= 0.6 is 0 Å². The molecule has 1 saturated heterocycles. The quantitative estimate of drug-likeness (QED) is 0.279. The summed E-state index contributed by atoms with van der Waals surface area (Å²) in [7, 11) is 1.72. The maximum Gasteiger partial charge on any atom is 0.325 e. The molecule has 3 amide bonds. The lowest BCUT2D eigenvalue weighted by atomic mass is 9.99. The lowest BCUT2D eigenvalue weighted by Gasteiger charge is -2.19. The van der Waals surface area contributed by atoms with E-state index in [0.717, 1.165) is 18.9 Å². The summed E-state index contributed by atoms with van der Waals surface area (Å²) < 4.78 is 0. The van der Waals surface area contributed by atoms with Gasteiger partial charge in [0.25, 0.3) is 5.91 Å². The number of urea groups is 1. The predicted octanol–water partition coefficient (Wildman–Crippen LogP) is 0.672. The van der Waals surface area contributed by atoms with E-state index in [1.165, 1.54) is 4.90 Å². The van der Waals surface area contributed by atoms with Gasteiger partial charge in [-0.15, -0.1) is 0 Å². The van der Waals surface area contributed by atoms with Crippen molar-refractivity contribution < 1.29 is 9.59 Å². The van der Waals surface area contributed by atoms with Crippen molar-refractivity contribution >= 4 is 17.9 Å². The summed E-state index contributed by atoms with van der Waals surface area (Å²) in [4.78, 5) is 29.4. The number of amides is 3. The molecular formula is C14H27N5O2. The van der Waals surface area contributed by atoms with Gasteiger partial charge in [0.2, 0.25) is 0 Å². The van der Waals surface area contributed by atoms with Crippen LogP contribution in [0.5, 0.6) is 0 Å². The number of rotatable bonds is 7. The fourth-order valence-electron chi connectivity index (χ4n) is 2.10. The minimum atomic E-state index is -0.747. The van der Waals surface area contributed by atoms with Crippen LogP contribution in [0.1, 0.15) is 40.0 Å². The lowest BCUT2D eigenvalue weighted by molar-refractivity contribution is -0.130. The van der Waals surface area contributed by atoms with E-state index >= 15 is 0 Å². The van der Waals surface area contributed by atoms with E-state index in [1.54, 1.807) is 14.0 Å². The first-order valence-corrected chi connectivity index (χ1v) is 7.57. The molecule has 1 rings (SSSR count). The average Bonchev–Trinajstić information content (AvgIpc) is 2.70. The van der Waals surface area contributed by atoms with E-state index in [1.807, 2.05) is 6.92 Å². The van der Waals surface area contributed by atoms with Crippen LogP contribution in [0.15, 0.2) is 4.99 Å². The highest BCUT2D eigenvalue weighted by molar-refractivity contribution is 6.06. The van der Waals surface area contributed by atoms with Crippen LogP contribution < -0.4 is 16.0 Å². The number of aliphatic imine (C=N–C) groups is 1. The summed E-state index contributed by atoms with van der Waals surface area (Å²) in [6.07, 6.45) is 2.31. The molecule has 3 N–H and O–H groups in total. The monoisotopic (exact) mass is 297 g/mol. The second kappa shape index (κ2) is 7.85. The largest absolute Gasteiger partial charge is 0.356 e. The van der Waals surface area contributed by atoms with Crippen molar-refractivity contribution in [2.24, 2.45) is 4.99 Å². The minimum absolute atomic E-state index is 0.136. The Hall–Kier alpha value is -1.79. The summed E-state index contributed by atoms with van der Waals surface area (Å²) in [5, 5.41) is 9.08. The first-order chi connectivity index (χ1) is 9.98. The van der Waals surface area contributed by atoms with Crippen LogP contribution in [0.2, 0.25) is 0 Å². The van der Waals surface area contributed by atoms with E-state index in [4.69, 9.17) is 0 Å². The molecule has 7 nitrogen and oxygen atoms in total. The van der Waals surface area contributed by atoms with Gasteiger partial charge in [-0.3, -0.25) is 14.7 Å². The van der Waals surface area contributed by atoms with Crippen molar-refractivity contribution in [3.63, 3.8) is 0 Å². The molecule has 1 fully saturated rings. The van der Waals surface area contributed by atoms with Crippen LogP contribution in [0.4, 0.5) is 4.79 Å². The molecule has 0 aromatic heterocycles. The predicted molar refractivity (Wildman–Crippen MR) is 83.2 cm³/mol. The molecule has 1 aliphatic rings. The molecule has 7 heteroatoms. The van der Waals surface area contributed by atoms with Gasteiger partial charge >= 0.3 is 6.03 Å². The summed E-state index contributed by atoms with van der Waals surface area (Å²) in [5.74, 6) is 0.607. The molecule has 0 aliphatic carbocycles. The molecule has 0 radical (unpaired) electrons. The zero-order chi connectivity index (χ0) is 15.9. The van der Waals surface area contributed by atoms with E-state index in [0.29, 0.717) is 25.9 Å². The standard InChI is InChI=1S/C14H27N5O2/c1-5-8-16-12(15-4)17-9-7-10-19-11(20)14(3,6-2)18-13(19)21/h5-10H2,1-4H3,(H,18,21)(H2,15,16,17). The van der Waals surface area contributed by atoms with Gasteiger partial charge in [0.1, 0.15) is 5.54 Å². The molecule has 0 aromatic carbocycles. The molecule has 1 unspecified atom stereocenters.